The third kappa shape index (κ3) is 7.99. The number of ether oxygens (including phenoxy) is 3. The Balaban J connectivity index is 1.42. The zero-order chi connectivity index (χ0) is 26.7. The van der Waals surface area contributed by atoms with Crippen molar-refractivity contribution in [3.05, 3.63) is 83.7 Å². The highest BCUT2D eigenvalue weighted by Crippen LogP contribution is 2.39. The molecule has 4 rings (SSSR count). The number of rotatable bonds is 10. The van der Waals surface area contributed by atoms with Crippen molar-refractivity contribution in [1.82, 2.24) is 15.3 Å². The minimum Gasteiger partial charge on any atom is -0.465 e. The highest BCUT2D eigenvalue weighted by atomic mass is 32.2. The largest absolute Gasteiger partial charge is 0.465 e. The van der Waals surface area contributed by atoms with E-state index in [1.165, 1.54) is 11.8 Å². The van der Waals surface area contributed by atoms with Crippen LogP contribution in [0.15, 0.2) is 72.1 Å². The molecule has 0 aliphatic carbocycles. The van der Waals surface area contributed by atoms with Crippen LogP contribution in [0.1, 0.15) is 42.4 Å². The van der Waals surface area contributed by atoms with Crippen molar-refractivity contribution >= 4 is 29.4 Å². The van der Waals surface area contributed by atoms with E-state index < -0.39 is 18.3 Å². The zero-order valence-corrected chi connectivity index (χ0v) is 21.7. The maximum Gasteiger partial charge on any atom is 0.325 e. The van der Waals surface area contributed by atoms with Crippen LogP contribution in [-0.2, 0) is 25.6 Å². The molecule has 0 spiro atoms. The summed E-state index contributed by atoms with van der Waals surface area (Å²) in [5.41, 5.74) is 3.18. The molecule has 0 bridgehead atoms. The Hall–Kier alpha value is -3.51. The van der Waals surface area contributed by atoms with Crippen LogP contribution >= 0.6 is 11.8 Å². The predicted molar refractivity (Wildman–Crippen MR) is 141 cm³/mol. The average molecular weight is 539 g/mol. The minimum atomic E-state index is -0.625. The van der Waals surface area contributed by atoms with E-state index in [1.807, 2.05) is 36.4 Å². The van der Waals surface area contributed by atoms with Gasteiger partial charge in [0.1, 0.15) is 6.54 Å². The lowest BCUT2D eigenvalue weighted by Crippen LogP contribution is -2.34. The summed E-state index contributed by atoms with van der Waals surface area (Å²) < 4.78 is 17.5. The first-order valence-corrected chi connectivity index (χ1v) is 13.2. The highest BCUT2D eigenvalue weighted by Gasteiger charge is 2.32. The molecule has 0 radical (unpaired) electrons. The number of urea groups is 1. The summed E-state index contributed by atoms with van der Waals surface area (Å²) in [5.74, 6) is 0.145. The number of amides is 2. The predicted octanol–water partition coefficient (Wildman–Crippen LogP) is 3.99. The summed E-state index contributed by atoms with van der Waals surface area (Å²) in [4.78, 5) is 32.1. The van der Waals surface area contributed by atoms with Gasteiger partial charge in [-0.3, -0.25) is 4.79 Å². The van der Waals surface area contributed by atoms with Crippen molar-refractivity contribution < 1.29 is 28.9 Å². The van der Waals surface area contributed by atoms with Gasteiger partial charge in [-0.05, 0) is 36.2 Å². The second-order valence-corrected chi connectivity index (χ2v) is 9.41. The molecule has 3 N–H and O–H groups in total. The molecule has 0 saturated carbocycles. The summed E-state index contributed by atoms with van der Waals surface area (Å²) in [7, 11) is 0. The number of aliphatic hydroxyl groups excluding tert-OH is 1. The van der Waals surface area contributed by atoms with Gasteiger partial charge in [-0.15, -0.1) is 0 Å². The SMILES string of the molecule is CCOC(=O)CNC(=O)Nc1ccc([C@H]2O[C@@H](CSc3ncccn3)C[C@@H](c3ccc(CO)cc3)O2)cc1. The lowest BCUT2D eigenvalue weighted by Gasteiger charge is -2.36. The number of anilines is 1. The molecule has 3 aromatic rings. The molecule has 38 heavy (non-hydrogen) atoms. The molecule has 0 unspecified atom stereocenters. The van der Waals surface area contributed by atoms with Gasteiger partial charge in [-0.25, -0.2) is 14.8 Å². The molecule has 1 saturated heterocycles. The molecule has 1 aliphatic heterocycles. The maximum atomic E-state index is 12.1. The van der Waals surface area contributed by atoms with E-state index in [1.54, 1.807) is 37.5 Å². The normalized spacial score (nSPS) is 18.9. The fourth-order valence-electron chi connectivity index (χ4n) is 3.81. The Kier molecular flexibility index (Phi) is 10.0. The number of carbonyl (C=O) groups is 2. The van der Waals surface area contributed by atoms with Crippen LogP contribution in [0.5, 0.6) is 0 Å². The van der Waals surface area contributed by atoms with Gasteiger partial charge >= 0.3 is 12.0 Å². The van der Waals surface area contributed by atoms with Crippen LogP contribution in [0.25, 0.3) is 0 Å². The Labute approximate surface area is 225 Å². The number of nitrogens with zero attached hydrogens (tertiary/aromatic N) is 2. The Morgan fingerprint density at radius 1 is 1.05 bits per heavy atom. The van der Waals surface area contributed by atoms with E-state index >= 15 is 0 Å². The van der Waals surface area contributed by atoms with E-state index in [4.69, 9.17) is 14.2 Å². The lowest BCUT2D eigenvalue weighted by molar-refractivity contribution is -0.245. The standard InChI is InChI=1S/C27H30N4O6S/c1-2-35-24(33)15-30-26(34)31-21-10-8-20(9-11-21)25-36-22(17-38-27-28-12-3-13-29-27)14-23(37-25)19-6-4-18(16-32)5-7-19/h3-13,22-23,25,32H,2,14-17H2,1H3,(H2,30,31,34)/t22-,23+,25+/m1/s1. The van der Waals surface area contributed by atoms with E-state index in [0.717, 1.165) is 16.7 Å². The number of aromatic nitrogens is 2. The summed E-state index contributed by atoms with van der Waals surface area (Å²) >= 11 is 1.52. The quantitative estimate of drug-likeness (QED) is 0.199. The number of carbonyl (C=O) groups excluding carboxylic acids is 2. The van der Waals surface area contributed by atoms with Gasteiger partial charge in [0.15, 0.2) is 11.4 Å². The average Bonchev–Trinajstić information content (AvgIpc) is 2.96. The fraction of sp³-hybridized carbons (Fsp3) is 0.333. The minimum absolute atomic E-state index is 0.0187. The van der Waals surface area contributed by atoms with Gasteiger partial charge in [-0.2, -0.15) is 0 Å². The molecule has 2 amide bonds. The highest BCUT2D eigenvalue weighted by molar-refractivity contribution is 7.99. The van der Waals surface area contributed by atoms with Gasteiger partial charge in [0.25, 0.3) is 0 Å². The van der Waals surface area contributed by atoms with Crippen molar-refractivity contribution in [3.8, 4) is 0 Å². The molecule has 11 heteroatoms. The van der Waals surface area contributed by atoms with E-state index in [9.17, 15) is 14.7 Å². The Morgan fingerprint density at radius 3 is 2.45 bits per heavy atom. The molecule has 1 fully saturated rings. The first kappa shape index (κ1) is 27.5. The van der Waals surface area contributed by atoms with Crippen LogP contribution in [0, 0.1) is 0 Å². The van der Waals surface area contributed by atoms with Crippen molar-refractivity contribution in [2.75, 3.05) is 24.2 Å². The van der Waals surface area contributed by atoms with Crippen LogP contribution in [0.4, 0.5) is 10.5 Å². The fourth-order valence-corrected chi connectivity index (χ4v) is 4.63. The number of hydrogen-bond donors (Lipinski definition) is 3. The second kappa shape index (κ2) is 13.9. The molecule has 3 atom stereocenters. The third-order valence-corrected chi connectivity index (χ3v) is 6.70. The number of nitrogens with one attached hydrogen (secondary N) is 2. The molecule has 2 aromatic carbocycles. The van der Waals surface area contributed by atoms with Gasteiger partial charge in [0.05, 0.1) is 25.4 Å². The van der Waals surface area contributed by atoms with Crippen LogP contribution in [0.2, 0.25) is 0 Å². The maximum absolute atomic E-state index is 12.1. The van der Waals surface area contributed by atoms with Crippen LogP contribution in [-0.4, -0.2) is 52.1 Å². The Morgan fingerprint density at radius 2 is 1.76 bits per heavy atom. The number of aliphatic hydroxyl groups is 1. The van der Waals surface area contributed by atoms with Gasteiger partial charge < -0.3 is 30.0 Å². The number of benzene rings is 2. The third-order valence-electron chi connectivity index (χ3n) is 5.69. The smallest absolute Gasteiger partial charge is 0.325 e. The monoisotopic (exact) mass is 538 g/mol. The molecule has 2 heterocycles. The van der Waals surface area contributed by atoms with Crippen LogP contribution < -0.4 is 10.6 Å². The Bertz CT molecular complexity index is 1180. The molecular formula is C27H30N4O6S. The number of thioether (sulfide) groups is 1. The van der Waals surface area contributed by atoms with Crippen LogP contribution in [0.3, 0.4) is 0 Å². The summed E-state index contributed by atoms with van der Waals surface area (Å²) in [6.45, 7) is 1.72. The van der Waals surface area contributed by atoms with E-state index in [0.29, 0.717) is 23.0 Å². The zero-order valence-electron chi connectivity index (χ0n) is 20.9. The lowest BCUT2D eigenvalue weighted by atomic mass is 10.0. The summed E-state index contributed by atoms with van der Waals surface area (Å²) in [5, 5.41) is 15.2. The van der Waals surface area contributed by atoms with Gasteiger partial charge in [0.2, 0.25) is 0 Å². The number of esters is 1. The van der Waals surface area contributed by atoms with E-state index in [-0.39, 0.29) is 32.0 Å². The van der Waals surface area contributed by atoms with Gasteiger partial charge in [-0.1, -0.05) is 48.2 Å². The van der Waals surface area contributed by atoms with Crippen molar-refractivity contribution in [1.29, 1.82) is 0 Å². The van der Waals surface area contributed by atoms with Crippen molar-refractivity contribution in [2.24, 2.45) is 0 Å². The summed E-state index contributed by atoms with van der Waals surface area (Å²) in [6, 6.07) is 16.1. The molecular weight excluding hydrogens is 508 g/mol. The molecule has 1 aromatic heterocycles. The van der Waals surface area contributed by atoms with Gasteiger partial charge in [0, 0.05) is 35.8 Å². The van der Waals surface area contributed by atoms with E-state index in [2.05, 4.69) is 20.6 Å². The second-order valence-electron chi connectivity index (χ2n) is 8.43. The number of hydrogen-bond acceptors (Lipinski definition) is 9. The van der Waals surface area contributed by atoms with Crippen molar-refractivity contribution in [2.45, 2.75) is 43.6 Å². The molecule has 1 aliphatic rings. The topological polar surface area (TPSA) is 132 Å². The first-order chi connectivity index (χ1) is 18.5. The molecule has 200 valence electrons. The first-order valence-electron chi connectivity index (χ1n) is 12.2. The van der Waals surface area contributed by atoms with Crippen molar-refractivity contribution in [3.63, 3.8) is 0 Å². The summed E-state index contributed by atoms with van der Waals surface area (Å²) in [6.07, 6.45) is 3.10. The molecule has 10 nitrogen and oxygen atoms in total.